The van der Waals surface area contributed by atoms with E-state index in [9.17, 15) is 4.79 Å². The molecule has 0 amide bonds. The lowest BCUT2D eigenvalue weighted by molar-refractivity contribution is 0.711. The van der Waals surface area contributed by atoms with E-state index in [1.54, 1.807) is 6.07 Å². The Kier molecular flexibility index (Phi) is 6.58. The largest absolute Gasteiger partial charge is 0.274 e. The Balaban J connectivity index is 1.59. The maximum absolute atomic E-state index is 12.7. The maximum atomic E-state index is 12.7. The van der Waals surface area contributed by atoms with Crippen molar-refractivity contribution in [1.29, 1.82) is 0 Å². The topological polar surface area (TPSA) is 75.4 Å². The molecule has 4 rings (SSSR count). The summed E-state index contributed by atoms with van der Waals surface area (Å²) in [6.07, 6.45) is 15.7. The summed E-state index contributed by atoms with van der Waals surface area (Å²) in [5.41, 5.74) is 6.55. The zero-order valence-electron chi connectivity index (χ0n) is 19.5. The molecule has 32 heavy (non-hydrogen) atoms. The molecule has 0 saturated heterocycles. The molecule has 2 aromatic heterocycles. The fourth-order valence-electron chi connectivity index (χ4n) is 4.16. The Bertz CT molecular complexity index is 1220. The Morgan fingerprint density at radius 1 is 1.25 bits per heavy atom. The van der Waals surface area contributed by atoms with Gasteiger partial charge in [-0.05, 0) is 37.7 Å². The molecule has 2 aliphatic rings. The summed E-state index contributed by atoms with van der Waals surface area (Å²) in [5, 5.41) is 3.12. The van der Waals surface area contributed by atoms with Gasteiger partial charge in [-0.2, -0.15) is 9.50 Å². The molecule has 0 saturated carbocycles. The summed E-state index contributed by atoms with van der Waals surface area (Å²) < 4.78 is 1.42. The van der Waals surface area contributed by atoms with E-state index in [2.05, 4.69) is 61.3 Å². The second kappa shape index (κ2) is 9.55. The smallest absolute Gasteiger partial charge is 0.271 e. The normalized spacial score (nSPS) is 17.8. The van der Waals surface area contributed by atoms with Crippen molar-refractivity contribution >= 4 is 17.1 Å². The fourth-order valence-corrected chi connectivity index (χ4v) is 4.16. The molecule has 0 atom stereocenters. The summed E-state index contributed by atoms with van der Waals surface area (Å²) in [5.74, 6) is 1.66. The van der Waals surface area contributed by atoms with E-state index < -0.39 is 0 Å². The van der Waals surface area contributed by atoms with Crippen LogP contribution in [0.1, 0.15) is 71.3 Å². The van der Waals surface area contributed by atoms with Crippen LogP contribution in [0.2, 0.25) is 0 Å². The number of aromatic nitrogens is 4. The lowest BCUT2D eigenvalue weighted by Gasteiger charge is -2.15. The van der Waals surface area contributed by atoms with Gasteiger partial charge in [-0.25, -0.2) is 4.98 Å². The first-order valence-electron chi connectivity index (χ1n) is 11.6. The Morgan fingerprint density at radius 2 is 2.09 bits per heavy atom. The number of rotatable bonds is 7. The number of nitrogens with zero attached hydrogens (tertiary/aromatic N) is 4. The number of nitrogens with one attached hydrogen (secondary N) is 1. The van der Waals surface area contributed by atoms with Gasteiger partial charge in [0.2, 0.25) is 0 Å². The summed E-state index contributed by atoms with van der Waals surface area (Å²) in [6.45, 7) is 9.12. The predicted molar refractivity (Wildman–Crippen MR) is 131 cm³/mol. The van der Waals surface area contributed by atoms with Crippen molar-refractivity contribution in [3.63, 3.8) is 0 Å². The summed E-state index contributed by atoms with van der Waals surface area (Å²) in [6, 6.07) is 1.55. The molecular formula is C26H32N5O+. The highest BCUT2D eigenvalue weighted by molar-refractivity contribution is 6.10. The second-order valence-corrected chi connectivity index (χ2v) is 8.87. The molecule has 1 N–H and O–H groups in total. The molecule has 6 nitrogen and oxygen atoms in total. The van der Waals surface area contributed by atoms with E-state index in [0.29, 0.717) is 29.8 Å². The summed E-state index contributed by atoms with van der Waals surface area (Å²) in [7, 11) is 0. The minimum absolute atomic E-state index is 0.163. The van der Waals surface area contributed by atoms with Gasteiger partial charge >= 0.3 is 0 Å². The number of H-pyrrole nitrogens is 1. The molecular weight excluding hydrogens is 398 g/mol. The van der Waals surface area contributed by atoms with E-state index >= 15 is 0 Å². The predicted octanol–water partition coefficient (Wildman–Crippen LogP) is 5.40. The lowest BCUT2D eigenvalue weighted by atomic mass is 9.91. The molecule has 0 fully saturated rings. The molecule has 0 bridgehead atoms. The highest BCUT2D eigenvalue weighted by atomic mass is 16.1. The molecule has 2 aromatic rings. The van der Waals surface area contributed by atoms with Crippen LogP contribution in [0.3, 0.4) is 0 Å². The van der Waals surface area contributed by atoms with Gasteiger partial charge in [0.05, 0.1) is 35.5 Å². The number of aromatic amines is 1. The van der Waals surface area contributed by atoms with Gasteiger partial charge in [-0.15, -0.1) is 0 Å². The van der Waals surface area contributed by atoms with Crippen molar-refractivity contribution in [2.75, 3.05) is 0 Å². The first-order chi connectivity index (χ1) is 15.5. The van der Waals surface area contributed by atoms with Crippen LogP contribution in [0.5, 0.6) is 0 Å². The van der Waals surface area contributed by atoms with Gasteiger partial charge in [-0.1, -0.05) is 44.9 Å². The zero-order chi connectivity index (χ0) is 22.7. The summed E-state index contributed by atoms with van der Waals surface area (Å²) >= 11 is 0. The highest BCUT2D eigenvalue weighted by Gasteiger charge is 2.20. The van der Waals surface area contributed by atoms with Gasteiger partial charge in [0, 0.05) is 18.9 Å². The van der Waals surface area contributed by atoms with Crippen molar-refractivity contribution in [1.82, 2.24) is 19.6 Å². The molecule has 166 valence electrons. The third-order valence-electron chi connectivity index (χ3n) is 6.19. The SMILES string of the molecule is CCCCC1=C(C)[CH+]C=CC1=NCc1cc(=O)n2[nH]c(C3=CC=C(C(C)C)CC3)nc2n1. The third kappa shape index (κ3) is 4.69. The van der Waals surface area contributed by atoms with Crippen LogP contribution in [0, 0.1) is 12.3 Å². The van der Waals surface area contributed by atoms with E-state index in [4.69, 9.17) is 4.99 Å². The number of fused-ring (bicyclic) bond motifs is 1. The van der Waals surface area contributed by atoms with Crippen molar-refractivity contribution < 1.29 is 0 Å². The van der Waals surface area contributed by atoms with Gasteiger partial charge < -0.3 is 0 Å². The van der Waals surface area contributed by atoms with E-state index in [0.717, 1.165) is 43.4 Å². The molecule has 6 heteroatoms. The first kappa shape index (κ1) is 22.1. The summed E-state index contributed by atoms with van der Waals surface area (Å²) in [4.78, 5) is 26.7. The van der Waals surface area contributed by atoms with Crippen LogP contribution in [-0.4, -0.2) is 25.3 Å². The van der Waals surface area contributed by atoms with Crippen molar-refractivity contribution in [3.8, 4) is 0 Å². The Morgan fingerprint density at radius 3 is 2.81 bits per heavy atom. The Hall–Kier alpha value is -3.15. The van der Waals surface area contributed by atoms with Crippen LogP contribution < -0.4 is 5.56 Å². The number of hydrogen-bond acceptors (Lipinski definition) is 4. The van der Waals surface area contributed by atoms with Crippen molar-refractivity contribution in [3.05, 3.63) is 75.4 Å². The second-order valence-electron chi connectivity index (χ2n) is 8.87. The minimum atomic E-state index is -0.163. The van der Waals surface area contributed by atoms with E-state index in [1.807, 2.05) is 12.2 Å². The van der Waals surface area contributed by atoms with Crippen LogP contribution >= 0.6 is 0 Å². The molecule has 0 aliphatic heterocycles. The Labute approximate surface area is 189 Å². The molecule has 0 spiro atoms. The van der Waals surface area contributed by atoms with Crippen LogP contribution in [0.15, 0.2) is 56.9 Å². The van der Waals surface area contributed by atoms with Crippen LogP contribution in [-0.2, 0) is 6.54 Å². The number of aliphatic imine (C=N–C) groups is 1. The van der Waals surface area contributed by atoms with Crippen LogP contribution in [0.25, 0.3) is 11.4 Å². The van der Waals surface area contributed by atoms with Crippen molar-refractivity contribution in [2.24, 2.45) is 10.9 Å². The molecule has 2 heterocycles. The van der Waals surface area contributed by atoms with E-state index in [-0.39, 0.29) is 5.56 Å². The number of allylic oxidation sites excluding steroid dienone is 8. The van der Waals surface area contributed by atoms with Crippen molar-refractivity contribution in [2.45, 2.75) is 66.3 Å². The average molecular weight is 431 g/mol. The zero-order valence-corrected chi connectivity index (χ0v) is 19.5. The minimum Gasteiger partial charge on any atom is -0.271 e. The van der Waals surface area contributed by atoms with Gasteiger partial charge in [0.15, 0.2) is 11.5 Å². The monoisotopic (exact) mass is 430 g/mol. The first-order valence-corrected chi connectivity index (χ1v) is 11.6. The van der Waals surface area contributed by atoms with Gasteiger partial charge in [0.1, 0.15) is 0 Å². The third-order valence-corrected chi connectivity index (χ3v) is 6.19. The maximum Gasteiger partial charge on any atom is 0.274 e. The van der Waals surface area contributed by atoms with Gasteiger partial charge in [-0.3, -0.25) is 14.9 Å². The lowest BCUT2D eigenvalue weighted by Crippen LogP contribution is -2.16. The molecule has 0 radical (unpaired) electrons. The highest BCUT2D eigenvalue weighted by Crippen LogP contribution is 2.28. The standard InChI is InChI=1S/C26H31N5O/c1-5-6-9-22-18(4)8-7-10-23(22)27-16-21-15-24(32)31-26(28-21)29-25(30-31)20-13-11-19(12-14-20)17(2)3/h7-8,10-11,13,15,17H,5-6,9,12,14,16H2,1-4H3/p+1. The quantitative estimate of drug-likeness (QED) is 0.598. The molecule has 0 unspecified atom stereocenters. The van der Waals surface area contributed by atoms with Crippen LogP contribution in [0.4, 0.5) is 0 Å². The van der Waals surface area contributed by atoms with Gasteiger partial charge in [0.25, 0.3) is 11.3 Å². The fraction of sp³-hybridized carbons (Fsp3) is 0.423. The number of hydrogen-bond donors (Lipinski definition) is 1. The molecule has 2 aliphatic carbocycles. The number of unbranched alkanes of at least 4 members (excludes halogenated alkanes) is 1. The molecule has 0 aromatic carbocycles. The average Bonchev–Trinajstić information content (AvgIpc) is 3.22. The van der Waals surface area contributed by atoms with E-state index in [1.165, 1.54) is 21.2 Å².